The summed E-state index contributed by atoms with van der Waals surface area (Å²) in [6, 6.07) is 7.45. The molecule has 1 heterocycles. The molecule has 1 aromatic heterocycles. The molecule has 0 atom stereocenters. The second-order valence-electron chi connectivity index (χ2n) is 3.91. The molecule has 0 fully saturated rings. The van der Waals surface area contributed by atoms with E-state index < -0.39 is 0 Å². The summed E-state index contributed by atoms with van der Waals surface area (Å²) in [7, 11) is 3.45. The van der Waals surface area contributed by atoms with Gasteiger partial charge in [0.15, 0.2) is 0 Å². The van der Waals surface area contributed by atoms with E-state index in [1.165, 1.54) is 11.3 Å². The number of hydrogen-bond acceptors (Lipinski definition) is 5. The van der Waals surface area contributed by atoms with E-state index in [4.69, 9.17) is 11.6 Å². The molecule has 2 rings (SSSR count). The van der Waals surface area contributed by atoms with E-state index in [9.17, 15) is 4.79 Å². The van der Waals surface area contributed by atoms with Crippen LogP contribution in [0.1, 0.15) is 15.4 Å². The number of carbonyl (C=O) groups excluding carboxylic acids is 1. The van der Waals surface area contributed by atoms with Crippen LogP contribution in [-0.4, -0.2) is 35.1 Å². The van der Waals surface area contributed by atoms with Gasteiger partial charge in [0.05, 0.1) is 0 Å². The maximum Gasteiger partial charge on any atom is 0.284 e. The summed E-state index contributed by atoms with van der Waals surface area (Å²) in [5, 5.41) is 12.2. The Hall–Kier alpha value is -1.66. The van der Waals surface area contributed by atoms with E-state index in [1.807, 2.05) is 18.2 Å². The van der Waals surface area contributed by atoms with E-state index in [0.717, 1.165) is 5.56 Å². The van der Waals surface area contributed by atoms with Gasteiger partial charge in [0.2, 0.25) is 10.1 Å². The number of nitrogens with zero attached hydrogens (tertiary/aromatic N) is 3. The highest BCUT2D eigenvalue weighted by Crippen LogP contribution is 2.19. The number of aromatic nitrogens is 2. The molecular formula is C12H13ClN4OS. The molecule has 1 N–H and O–H groups in total. The number of carbonyl (C=O) groups is 1. The van der Waals surface area contributed by atoms with Gasteiger partial charge >= 0.3 is 0 Å². The van der Waals surface area contributed by atoms with Gasteiger partial charge in [-0.2, -0.15) is 0 Å². The second-order valence-corrected chi connectivity index (χ2v) is 5.30. The first-order valence-electron chi connectivity index (χ1n) is 5.62. The highest BCUT2D eigenvalue weighted by molar-refractivity contribution is 7.17. The average Bonchev–Trinajstić information content (AvgIpc) is 2.89. The average molecular weight is 297 g/mol. The molecule has 0 aliphatic carbocycles. The monoisotopic (exact) mass is 296 g/mol. The molecule has 0 radical (unpaired) electrons. The lowest BCUT2D eigenvalue weighted by atomic mass is 10.2. The molecule has 2 aromatic rings. The SMILES string of the molecule is CNc1nnc(C(=O)N(C)Cc2ccccc2Cl)s1. The van der Waals surface area contributed by atoms with E-state index in [1.54, 1.807) is 25.1 Å². The lowest BCUT2D eigenvalue weighted by Crippen LogP contribution is -2.26. The summed E-state index contributed by atoms with van der Waals surface area (Å²) in [6.07, 6.45) is 0. The number of anilines is 1. The standard InChI is InChI=1S/C12H13ClN4OS/c1-14-12-16-15-10(19-12)11(18)17(2)7-8-5-3-4-6-9(8)13/h3-6H,7H2,1-2H3,(H,14,16). The van der Waals surface area contributed by atoms with E-state index in [2.05, 4.69) is 15.5 Å². The summed E-state index contributed by atoms with van der Waals surface area (Å²) in [5.41, 5.74) is 0.901. The van der Waals surface area contributed by atoms with Gasteiger partial charge in [-0.1, -0.05) is 41.1 Å². The number of hydrogen-bond donors (Lipinski definition) is 1. The summed E-state index contributed by atoms with van der Waals surface area (Å²) in [6.45, 7) is 0.437. The van der Waals surface area contributed by atoms with Crippen molar-refractivity contribution in [3.05, 3.63) is 39.9 Å². The first-order valence-corrected chi connectivity index (χ1v) is 6.81. The molecule has 100 valence electrons. The Morgan fingerprint density at radius 1 is 1.42 bits per heavy atom. The Morgan fingerprint density at radius 2 is 2.16 bits per heavy atom. The Morgan fingerprint density at radius 3 is 2.79 bits per heavy atom. The van der Waals surface area contributed by atoms with Gasteiger partial charge in [0.25, 0.3) is 5.91 Å². The molecule has 0 aliphatic rings. The van der Waals surface area contributed by atoms with Crippen LogP contribution in [0.25, 0.3) is 0 Å². The van der Waals surface area contributed by atoms with Crippen LogP contribution >= 0.6 is 22.9 Å². The van der Waals surface area contributed by atoms with Crippen LogP contribution in [0.2, 0.25) is 5.02 Å². The van der Waals surface area contributed by atoms with Gasteiger partial charge in [-0.3, -0.25) is 4.79 Å². The Bertz CT molecular complexity index is 587. The van der Waals surface area contributed by atoms with Crippen LogP contribution in [0.3, 0.4) is 0 Å². The third kappa shape index (κ3) is 3.21. The minimum atomic E-state index is -0.168. The molecular weight excluding hydrogens is 284 g/mol. The zero-order chi connectivity index (χ0) is 13.8. The fourth-order valence-corrected chi connectivity index (χ4v) is 2.42. The molecule has 1 aromatic carbocycles. The van der Waals surface area contributed by atoms with Crippen molar-refractivity contribution in [1.82, 2.24) is 15.1 Å². The quantitative estimate of drug-likeness (QED) is 0.942. The Balaban J connectivity index is 2.09. The number of benzene rings is 1. The van der Waals surface area contributed by atoms with Gasteiger partial charge in [-0.15, -0.1) is 10.2 Å². The molecule has 0 aliphatic heterocycles. The molecule has 1 amide bonds. The minimum absolute atomic E-state index is 0.168. The topological polar surface area (TPSA) is 58.1 Å². The van der Waals surface area contributed by atoms with Crippen molar-refractivity contribution < 1.29 is 4.79 Å². The molecule has 19 heavy (non-hydrogen) atoms. The smallest absolute Gasteiger partial charge is 0.284 e. The van der Waals surface area contributed by atoms with Gasteiger partial charge in [0.1, 0.15) is 0 Å². The van der Waals surface area contributed by atoms with Crippen LogP contribution in [0, 0.1) is 0 Å². The second kappa shape index (κ2) is 5.99. The first-order chi connectivity index (χ1) is 9.11. The minimum Gasteiger partial charge on any atom is -0.363 e. The van der Waals surface area contributed by atoms with Gasteiger partial charge in [-0.05, 0) is 11.6 Å². The van der Waals surface area contributed by atoms with Crippen molar-refractivity contribution in [2.24, 2.45) is 0 Å². The fourth-order valence-electron chi connectivity index (χ4n) is 1.53. The number of halogens is 1. The maximum atomic E-state index is 12.2. The third-order valence-electron chi connectivity index (χ3n) is 2.53. The van der Waals surface area contributed by atoms with Crippen molar-refractivity contribution in [3.8, 4) is 0 Å². The van der Waals surface area contributed by atoms with Gasteiger partial charge in [0, 0.05) is 25.7 Å². The van der Waals surface area contributed by atoms with Crippen molar-refractivity contribution in [3.63, 3.8) is 0 Å². The van der Waals surface area contributed by atoms with Crippen molar-refractivity contribution >= 4 is 34.0 Å². The summed E-state index contributed by atoms with van der Waals surface area (Å²) >= 11 is 7.30. The number of amides is 1. The molecule has 0 saturated carbocycles. The van der Waals surface area contributed by atoms with Gasteiger partial charge in [-0.25, -0.2) is 0 Å². The zero-order valence-corrected chi connectivity index (χ0v) is 12.1. The van der Waals surface area contributed by atoms with Crippen molar-refractivity contribution in [1.29, 1.82) is 0 Å². The largest absolute Gasteiger partial charge is 0.363 e. The van der Waals surface area contributed by atoms with Crippen molar-refractivity contribution in [2.75, 3.05) is 19.4 Å². The van der Waals surface area contributed by atoms with Crippen LogP contribution in [0.4, 0.5) is 5.13 Å². The summed E-state index contributed by atoms with van der Waals surface area (Å²) < 4.78 is 0. The molecule has 0 saturated heterocycles. The lowest BCUT2D eigenvalue weighted by Gasteiger charge is -2.16. The highest BCUT2D eigenvalue weighted by atomic mass is 35.5. The third-order valence-corrected chi connectivity index (χ3v) is 3.83. The molecule has 5 nitrogen and oxygen atoms in total. The lowest BCUT2D eigenvalue weighted by molar-refractivity contribution is 0.0784. The van der Waals surface area contributed by atoms with E-state index in [0.29, 0.717) is 21.7 Å². The first kappa shape index (κ1) is 13.8. The normalized spacial score (nSPS) is 10.3. The molecule has 7 heteroatoms. The van der Waals surface area contributed by atoms with Crippen LogP contribution in [0.15, 0.2) is 24.3 Å². The summed E-state index contributed by atoms with van der Waals surface area (Å²) in [5.74, 6) is -0.168. The highest BCUT2D eigenvalue weighted by Gasteiger charge is 2.17. The molecule has 0 unspecified atom stereocenters. The maximum absolute atomic E-state index is 12.2. The predicted molar refractivity (Wildman–Crippen MR) is 76.7 cm³/mol. The van der Waals surface area contributed by atoms with Gasteiger partial charge < -0.3 is 10.2 Å². The predicted octanol–water partition coefficient (Wildman–Crippen LogP) is 2.51. The van der Waals surface area contributed by atoms with E-state index in [-0.39, 0.29) is 5.91 Å². The van der Waals surface area contributed by atoms with E-state index >= 15 is 0 Å². The Labute approximate surface area is 120 Å². The zero-order valence-electron chi connectivity index (χ0n) is 10.6. The summed E-state index contributed by atoms with van der Waals surface area (Å²) in [4.78, 5) is 13.7. The van der Waals surface area contributed by atoms with Crippen LogP contribution in [-0.2, 0) is 6.54 Å². The number of nitrogens with one attached hydrogen (secondary N) is 1. The number of rotatable bonds is 4. The molecule has 0 spiro atoms. The Kier molecular flexibility index (Phi) is 4.34. The van der Waals surface area contributed by atoms with Crippen LogP contribution < -0.4 is 5.32 Å². The molecule has 0 bridgehead atoms. The van der Waals surface area contributed by atoms with Crippen LogP contribution in [0.5, 0.6) is 0 Å². The fraction of sp³-hybridized carbons (Fsp3) is 0.250. The van der Waals surface area contributed by atoms with Crippen molar-refractivity contribution in [2.45, 2.75) is 6.54 Å².